The third-order valence-corrected chi connectivity index (χ3v) is 7.85. The Kier molecular flexibility index (Phi) is 8.98. The summed E-state index contributed by atoms with van der Waals surface area (Å²) in [5, 5.41) is 11.0. The van der Waals surface area contributed by atoms with Crippen LogP contribution >= 0.6 is 0 Å². The van der Waals surface area contributed by atoms with Gasteiger partial charge in [-0.05, 0) is 56.2 Å². The van der Waals surface area contributed by atoms with E-state index in [1.807, 2.05) is 62.4 Å². The van der Waals surface area contributed by atoms with E-state index in [0.717, 1.165) is 11.1 Å². The van der Waals surface area contributed by atoms with Crippen LogP contribution in [0, 0.1) is 11.8 Å². The lowest BCUT2D eigenvalue weighted by atomic mass is 9.70. The molecule has 8 heteroatoms. The number of rotatable bonds is 10. The SMILES string of the molecule is CCOC(=O)C(C(C)O)C1C2=C(CCN1C(=O)CCc1ccccc1N)C(=O)OC2(CC(C)C)c1ccccc1. The summed E-state index contributed by atoms with van der Waals surface area (Å²) in [6, 6.07) is 16.0. The second-order valence-corrected chi connectivity index (χ2v) is 11.1. The average Bonchev–Trinajstić information content (AvgIpc) is 3.20. The van der Waals surface area contributed by atoms with Crippen molar-refractivity contribution in [3.05, 3.63) is 76.9 Å². The van der Waals surface area contributed by atoms with E-state index < -0.39 is 35.6 Å². The van der Waals surface area contributed by atoms with Gasteiger partial charge < -0.3 is 25.2 Å². The fourth-order valence-corrected chi connectivity index (χ4v) is 6.20. The lowest BCUT2D eigenvalue weighted by molar-refractivity contribution is -0.157. The maximum atomic E-state index is 13.9. The van der Waals surface area contributed by atoms with Gasteiger partial charge in [-0.3, -0.25) is 9.59 Å². The van der Waals surface area contributed by atoms with Crippen LogP contribution in [0.5, 0.6) is 0 Å². The van der Waals surface area contributed by atoms with Crippen molar-refractivity contribution in [2.45, 2.75) is 71.1 Å². The lowest BCUT2D eigenvalue weighted by Gasteiger charge is -2.45. The molecule has 2 aliphatic heterocycles. The molecule has 0 saturated carbocycles. The van der Waals surface area contributed by atoms with Crippen molar-refractivity contribution in [3.8, 4) is 0 Å². The monoisotopic (exact) mass is 548 g/mol. The molecule has 4 unspecified atom stereocenters. The molecule has 214 valence electrons. The van der Waals surface area contributed by atoms with Gasteiger partial charge in [-0.25, -0.2) is 4.79 Å². The molecule has 2 aromatic carbocycles. The van der Waals surface area contributed by atoms with E-state index in [9.17, 15) is 19.5 Å². The number of cyclic esters (lactones) is 1. The van der Waals surface area contributed by atoms with Crippen molar-refractivity contribution >= 4 is 23.5 Å². The molecule has 1 amide bonds. The molecule has 0 bridgehead atoms. The number of carbonyl (C=O) groups is 3. The van der Waals surface area contributed by atoms with Gasteiger partial charge in [-0.1, -0.05) is 62.4 Å². The zero-order chi connectivity index (χ0) is 29.0. The number of benzene rings is 2. The van der Waals surface area contributed by atoms with Crippen LogP contribution in [0.15, 0.2) is 65.7 Å². The second kappa shape index (κ2) is 12.3. The number of carbonyl (C=O) groups excluding carboxylic acids is 3. The number of aliphatic hydroxyl groups is 1. The van der Waals surface area contributed by atoms with E-state index >= 15 is 0 Å². The van der Waals surface area contributed by atoms with Crippen molar-refractivity contribution in [2.24, 2.45) is 11.8 Å². The van der Waals surface area contributed by atoms with E-state index in [1.165, 1.54) is 6.92 Å². The normalized spacial score (nSPS) is 22.1. The number of esters is 2. The van der Waals surface area contributed by atoms with Gasteiger partial charge in [0.2, 0.25) is 5.91 Å². The molecule has 4 atom stereocenters. The summed E-state index contributed by atoms with van der Waals surface area (Å²) in [7, 11) is 0. The molecular formula is C32H40N2O6. The maximum absolute atomic E-state index is 13.9. The number of hydrogen-bond acceptors (Lipinski definition) is 7. The van der Waals surface area contributed by atoms with Crippen molar-refractivity contribution in [3.63, 3.8) is 0 Å². The van der Waals surface area contributed by atoms with Gasteiger partial charge in [0, 0.05) is 29.8 Å². The zero-order valence-corrected chi connectivity index (χ0v) is 23.8. The van der Waals surface area contributed by atoms with Gasteiger partial charge in [0.25, 0.3) is 0 Å². The van der Waals surface area contributed by atoms with Crippen LogP contribution in [0.1, 0.15) is 58.1 Å². The van der Waals surface area contributed by atoms with Crippen molar-refractivity contribution in [1.29, 1.82) is 0 Å². The zero-order valence-electron chi connectivity index (χ0n) is 23.8. The number of nitrogens with two attached hydrogens (primary N) is 1. The highest BCUT2D eigenvalue weighted by atomic mass is 16.6. The van der Waals surface area contributed by atoms with Crippen molar-refractivity contribution < 1.29 is 29.0 Å². The molecule has 40 heavy (non-hydrogen) atoms. The van der Waals surface area contributed by atoms with E-state index in [0.29, 0.717) is 36.1 Å². The first-order valence-electron chi connectivity index (χ1n) is 14.1. The Morgan fingerprint density at radius 1 is 1.12 bits per heavy atom. The van der Waals surface area contributed by atoms with Gasteiger partial charge in [0.05, 0.1) is 18.8 Å². The van der Waals surface area contributed by atoms with Crippen molar-refractivity contribution in [1.82, 2.24) is 4.90 Å². The first-order valence-corrected chi connectivity index (χ1v) is 14.1. The Hall–Kier alpha value is -3.65. The number of nitrogens with zero attached hydrogens (tertiary/aromatic N) is 1. The minimum Gasteiger partial charge on any atom is -0.466 e. The molecule has 4 rings (SSSR count). The van der Waals surface area contributed by atoms with Crippen LogP contribution in [0.4, 0.5) is 5.69 Å². The number of anilines is 1. The highest BCUT2D eigenvalue weighted by Crippen LogP contribution is 2.52. The van der Waals surface area contributed by atoms with Crippen LogP contribution in [0.25, 0.3) is 0 Å². The Morgan fingerprint density at radius 2 is 1.80 bits per heavy atom. The number of aliphatic hydroxyl groups excluding tert-OH is 1. The van der Waals surface area contributed by atoms with Gasteiger partial charge in [-0.2, -0.15) is 0 Å². The summed E-state index contributed by atoms with van der Waals surface area (Å²) in [6.45, 7) is 7.64. The number of nitrogen functional groups attached to an aromatic ring is 1. The molecule has 0 fully saturated rings. The Morgan fingerprint density at radius 3 is 2.42 bits per heavy atom. The number of ether oxygens (including phenoxy) is 2. The minimum atomic E-state index is -1.19. The molecule has 2 aromatic rings. The highest BCUT2D eigenvalue weighted by Gasteiger charge is 2.58. The van der Waals surface area contributed by atoms with E-state index in [1.54, 1.807) is 17.9 Å². The quantitative estimate of drug-likeness (QED) is 0.338. The summed E-state index contributed by atoms with van der Waals surface area (Å²) < 4.78 is 11.7. The van der Waals surface area contributed by atoms with Crippen LogP contribution < -0.4 is 5.73 Å². The lowest BCUT2D eigenvalue weighted by Crippen LogP contribution is -2.56. The van der Waals surface area contributed by atoms with E-state index in [-0.39, 0.29) is 31.4 Å². The first kappa shape index (κ1) is 29.3. The third-order valence-electron chi connectivity index (χ3n) is 7.85. The van der Waals surface area contributed by atoms with Gasteiger partial charge in [0.1, 0.15) is 5.92 Å². The largest absolute Gasteiger partial charge is 0.466 e. The smallest absolute Gasteiger partial charge is 0.335 e. The number of hydrogen-bond donors (Lipinski definition) is 2. The van der Waals surface area contributed by atoms with Gasteiger partial charge >= 0.3 is 11.9 Å². The van der Waals surface area contributed by atoms with E-state index in [2.05, 4.69) is 0 Å². The van der Waals surface area contributed by atoms with E-state index in [4.69, 9.17) is 15.2 Å². The van der Waals surface area contributed by atoms with Gasteiger partial charge in [0.15, 0.2) is 5.60 Å². The molecule has 3 N–H and O–H groups in total. The predicted molar refractivity (Wildman–Crippen MR) is 152 cm³/mol. The predicted octanol–water partition coefficient (Wildman–Crippen LogP) is 4.16. The molecule has 0 spiro atoms. The standard InChI is InChI=1S/C32H40N2O6/c1-5-39-31(38)27(21(4)35)29-28-24(17-18-34(29)26(36)16-15-22-11-9-10-14-25(22)33)30(37)40-32(28,19-20(2)3)23-12-7-6-8-13-23/h6-14,20-21,27,29,35H,5,15-19,33H2,1-4H3. The minimum absolute atomic E-state index is 0.111. The van der Waals surface area contributed by atoms with Crippen molar-refractivity contribution in [2.75, 3.05) is 18.9 Å². The molecule has 8 nitrogen and oxygen atoms in total. The molecule has 2 heterocycles. The fourth-order valence-electron chi connectivity index (χ4n) is 6.20. The Balaban J connectivity index is 1.85. The Labute approximate surface area is 236 Å². The fraction of sp³-hybridized carbons (Fsp3) is 0.469. The summed E-state index contributed by atoms with van der Waals surface area (Å²) in [4.78, 5) is 42.5. The molecule has 2 aliphatic rings. The first-order chi connectivity index (χ1) is 19.1. The topological polar surface area (TPSA) is 119 Å². The van der Waals surface area contributed by atoms with Crippen LogP contribution in [0.3, 0.4) is 0 Å². The van der Waals surface area contributed by atoms with Crippen LogP contribution in [-0.2, 0) is 35.9 Å². The third kappa shape index (κ3) is 5.63. The number of aryl methyl sites for hydroxylation is 1. The highest BCUT2D eigenvalue weighted by molar-refractivity contribution is 5.95. The molecular weight excluding hydrogens is 508 g/mol. The molecule has 0 aliphatic carbocycles. The summed E-state index contributed by atoms with van der Waals surface area (Å²) in [5.74, 6) is -2.25. The summed E-state index contributed by atoms with van der Waals surface area (Å²) in [5.41, 5.74) is 8.23. The second-order valence-electron chi connectivity index (χ2n) is 11.1. The average molecular weight is 549 g/mol. The molecule has 0 aromatic heterocycles. The summed E-state index contributed by atoms with van der Waals surface area (Å²) in [6.07, 6.45) is 0.172. The molecule has 0 saturated heterocycles. The summed E-state index contributed by atoms with van der Waals surface area (Å²) >= 11 is 0. The number of para-hydroxylation sites is 1. The van der Waals surface area contributed by atoms with Crippen LogP contribution in [-0.4, -0.2) is 53.1 Å². The maximum Gasteiger partial charge on any atom is 0.335 e. The molecule has 0 radical (unpaired) electrons. The van der Waals surface area contributed by atoms with Gasteiger partial charge in [-0.15, -0.1) is 0 Å². The number of amides is 1. The Bertz CT molecular complexity index is 1270. The van der Waals surface area contributed by atoms with Crippen LogP contribution in [0.2, 0.25) is 0 Å².